The molecule has 4 nitrogen and oxygen atoms in total. The number of phenolic OH excluding ortho intramolecular Hbond substituents is 1. The van der Waals surface area contributed by atoms with Crippen LogP contribution in [0, 0.1) is 6.92 Å². The van der Waals surface area contributed by atoms with Gasteiger partial charge in [-0.1, -0.05) is 17.7 Å². The van der Waals surface area contributed by atoms with Crippen molar-refractivity contribution in [3.63, 3.8) is 0 Å². The van der Waals surface area contributed by atoms with Crippen LogP contribution >= 0.6 is 0 Å². The highest BCUT2D eigenvalue weighted by atomic mass is 16.5. The minimum absolute atomic E-state index is 0.00472. The largest absolute Gasteiger partial charge is 0.508 e. The third-order valence-corrected chi connectivity index (χ3v) is 2.72. The molecule has 0 aliphatic carbocycles. The van der Waals surface area contributed by atoms with E-state index in [1.54, 1.807) is 13.2 Å². The number of aryl methyl sites for hydroxylation is 1. The summed E-state index contributed by atoms with van der Waals surface area (Å²) in [5.74, 6) is 0.268. The van der Waals surface area contributed by atoms with E-state index in [9.17, 15) is 10.2 Å². The third kappa shape index (κ3) is 4.00. The summed E-state index contributed by atoms with van der Waals surface area (Å²) in [4.78, 5) is 0. The van der Waals surface area contributed by atoms with Crippen molar-refractivity contribution in [2.75, 3.05) is 20.3 Å². The average molecular weight is 239 g/mol. The van der Waals surface area contributed by atoms with E-state index < -0.39 is 0 Å². The molecular formula is C13H21NO3. The molecule has 17 heavy (non-hydrogen) atoms. The highest BCUT2D eigenvalue weighted by molar-refractivity contribution is 5.37. The Morgan fingerprint density at radius 3 is 2.71 bits per heavy atom. The Morgan fingerprint density at radius 1 is 1.41 bits per heavy atom. The molecule has 96 valence electrons. The smallest absolute Gasteiger partial charge is 0.120 e. The molecule has 0 heterocycles. The molecule has 4 heteroatoms. The third-order valence-electron chi connectivity index (χ3n) is 2.72. The highest BCUT2D eigenvalue weighted by Gasteiger charge is 2.15. The van der Waals surface area contributed by atoms with E-state index in [1.807, 2.05) is 26.0 Å². The van der Waals surface area contributed by atoms with Gasteiger partial charge in [0.05, 0.1) is 19.3 Å². The number of ether oxygens (including phenoxy) is 1. The summed E-state index contributed by atoms with van der Waals surface area (Å²) in [5, 5.41) is 22.2. The van der Waals surface area contributed by atoms with Crippen LogP contribution in [0.2, 0.25) is 0 Å². The second kappa shape index (κ2) is 6.59. The van der Waals surface area contributed by atoms with Gasteiger partial charge in [0.1, 0.15) is 5.75 Å². The van der Waals surface area contributed by atoms with E-state index in [0.29, 0.717) is 6.61 Å². The van der Waals surface area contributed by atoms with E-state index in [1.165, 1.54) is 0 Å². The zero-order valence-corrected chi connectivity index (χ0v) is 10.6. The van der Waals surface area contributed by atoms with E-state index in [-0.39, 0.29) is 24.4 Å². The topological polar surface area (TPSA) is 61.7 Å². The lowest BCUT2D eigenvalue weighted by Gasteiger charge is -2.22. The summed E-state index contributed by atoms with van der Waals surface area (Å²) in [6.07, 6.45) is 0. The van der Waals surface area contributed by atoms with Crippen molar-refractivity contribution < 1.29 is 14.9 Å². The van der Waals surface area contributed by atoms with Gasteiger partial charge in [0, 0.05) is 18.7 Å². The summed E-state index contributed by atoms with van der Waals surface area (Å²) >= 11 is 0. The number of aliphatic hydroxyl groups excluding tert-OH is 1. The van der Waals surface area contributed by atoms with Crippen LogP contribution < -0.4 is 5.32 Å². The number of phenols is 1. The molecule has 1 rings (SSSR count). The zero-order chi connectivity index (χ0) is 12.8. The van der Waals surface area contributed by atoms with Gasteiger partial charge in [-0.15, -0.1) is 0 Å². The van der Waals surface area contributed by atoms with Crippen LogP contribution in [-0.2, 0) is 4.74 Å². The molecule has 0 aromatic heterocycles. The second-order valence-corrected chi connectivity index (χ2v) is 4.29. The Hall–Kier alpha value is -1.10. The lowest BCUT2D eigenvalue weighted by atomic mass is 10.0. The molecule has 0 fully saturated rings. The maximum absolute atomic E-state index is 9.79. The van der Waals surface area contributed by atoms with Gasteiger partial charge in [-0.2, -0.15) is 0 Å². The molecule has 2 atom stereocenters. The first-order chi connectivity index (χ1) is 8.08. The number of aromatic hydroxyl groups is 1. The van der Waals surface area contributed by atoms with E-state index >= 15 is 0 Å². The van der Waals surface area contributed by atoms with Crippen molar-refractivity contribution in [3.8, 4) is 5.75 Å². The molecule has 0 bridgehead atoms. The normalized spacial score (nSPS) is 14.6. The van der Waals surface area contributed by atoms with Gasteiger partial charge in [0.2, 0.25) is 0 Å². The average Bonchev–Trinajstić information content (AvgIpc) is 2.31. The van der Waals surface area contributed by atoms with Crippen LogP contribution in [0.15, 0.2) is 18.2 Å². The fraction of sp³-hybridized carbons (Fsp3) is 0.538. The number of hydrogen-bond donors (Lipinski definition) is 3. The summed E-state index contributed by atoms with van der Waals surface area (Å²) < 4.78 is 5.00. The van der Waals surface area contributed by atoms with E-state index in [0.717, 1.165) is 11.1 Å². The standard InChI is InChI=1S/C13H21NO3/c1-9-4-5-13(16)12(6-9)10(2)14-11(7-15)8-17-3/h4-6,10-11,14-16H,7-8H2,1-3H3. The number of aliphatic hydroxyl groups is 1. The Morgan fingerprint density at radius 2 is 2.12 bits per heavy atom. The predicted octanol–water partition coefficient (Wildman–Crippen LogP) is 1.36. The summed E-state index contributed by atoms with van der Waals surface area (Å²) in [6, 6.07) is 5.32. The number of nitrogens with one attached hydrogen (secondary N) is 1. The zero-order valence-electron chi connectivity index (χ0n) is 10.6. The van der Waals surface area contributed by atoms with Gasteiger partial charge in [-0.3, -0.25) is 0 Å². The van der Waals surface area contributed by atoms with Crippen molar-refractivity contribution >= 4 is 0 Å². The molecular weight excluding hydrogens is 218 g/mol. The molecule has 0 saturated heterocycles. The van der Waals surface area contributed by atoms with Gasteiger partial charge in [0.25, 0.3) is 0 Å². The van der Waals surface area contributed by atoms with Crippen molar-refractivity contribution in [2.45, 2.75) is 25.9 Å². The molecule has 2 unspecified atom stereocenters. The SMILES string of the molecule is COCC(CO)NC(C)c1cc(C)ccc1O. The summed E-state index contributed by atoms with van der Waals surface area (Å²) in [6.45, 7) is 4.37. The molecule has 0 spiro atoms. The molecule has 0 radical (unpaired) electrons. The fourth-order valence-electron chi connectivity index (χ4n) is 1.82. The number of hydrogen-bond acceptors (Lipinski definition) is 4. The first-order valence-electron chi connectivity index (χ1n) is 5.73. The predicted molar refractivity (Wildman–Crippen MR) is 67.1 cm³/mol. The van der Waals surface area contributed by atoms with Crippen molar-refractivity contribution in [1.29, 1.82) is 0 Å². The minimum atomic E-state index is -0.130. The minimum Gasteiger partial charge on any atom is -0.508 e. The van der Waals surface area contributed by atoms with Gasteiger partial charge in [0.15, 0.2) is 0 Å². The summed E-state index contributed by atoms with van der Waals surface area (Å²) in [5.41, 5.74) is 1.93. The fourth-order valence-corrected chi connectivity index (χ4v) is 1.82. The van der Waals surface area contributed by atoms with Crippen LogP contribution in [-0.4, -0.2) is 36.6 Å². The van der Waals surface area contributed by atoms with Crippen molar-refractivity contribution in [1.82, 2.24) is 5.32 Å². The van der Waals surface area contributed by atoms with Gasteiger partial charge < -0.3 is 20.3 Å². The maximum atomic E-state index is 9.79. The second-order valence-electron chi connectivity index (χ2n) is 4.29. The Balaban J connectivity index is 2.74. The molecule has 3 N–H and O–H groups in total. The molecule has 0 aliphatic rings. The molecule has 1 aromatic rings. The number of rotatable bonds is 6. The molecule has 1 aromatic carbocycles. The van der Waals surface area contributed by atoms with Crippen molar-refractivity contribution in [2.24, 2.45) is 0 Å². The van der Waals surface area contributed by atoms with E-state index in [4.69, 9.17) is 4.74 Å². The Bertz CT molecular complexity index is 355. The van der Waals surface area contributed by atoms with Crippen LogP contribution in [0.5, 0.6) is 5.75 Å². The van der Waals surface area contributed by atoms with Gasteiger partial charge in [-0.05, 0) is 19.9 Å². The molecule has 0 amide bonds. The van der Waals surface area contributed by atoms with E-state index in [2.05, 4.69) is 5.32 Å². The number of methoxy groups -OCH3 is 1. The molecule has 0 aliphatic heterocycles. The van der Waals surface area contributed by atoms with Crippen LogP contribution in [0.25, 0.3) is 0 Å². The van der Waals surface area contributed by atoms with Crippen molar-refractivity contribution in [3.05, 3.63) is 29.3 Å². The highest BCUT2D eigenvalue weighted by Crippen LogP contribution is 2.25. The van der Waals surface area contributed by atoms with Gasteiger partial charge >= 0.3 is 0 Å². The first kappa shape index (κ1) is 14.0. The maximum Gasteiger partial charge on any atom is 0.120 e. The van der Waals surface area contributed by atoms with Crippen LogP contribution in [0.4, 0.5) is 0 Å². The Kier molecular flexibility index (Phi) is 5.41. The molecule has 0 saturated carbocycles. The lowest BCUT2D eigenvalue weighted by molar-refractivity contribution is 0.123. The monoisotopic (exact) mass is 239 g/mol. The van der Waals surface area contributed by atoms with Crippen LogP contribution in [0.3, 0.4) is 0 Å². The van der Waals surface area contributed by atoms with Crippen LogP contribution in [0.1, 0.15) is 24.1 Å². The number of benzene rings is 1. The first-order valence-corrected chi connectivity index (χ1v) is 5.73. The van der Waals surface area contributed by atoms with Gasteiger partial charge in [-0.25, -0.2) is 0 Å². The quantitative estimate of drug-likeness (QED) is 0.701. The Labute approximate surface area is 102 Å². The summed E-state index contributed by atoms with van der Waals surface area (Å²) in [7, 11) is 1.60. The lowest BCUT2D eigenvalue weighted by Crippen LogP contribution is -2.38.